The maximum Gasteiger partial charge on any atom is 0.305 e. The van der Waals surface area contributed by atoms with Gasteiger partial charge in [0.1, 0.15) is 0 Å². The molecule has 0 bridgehead atoms. The molecule has 46 heavy (non-hydrogen) atoms. The number of carbonyl (C=O) groups excluding carboxylic acids is 1. The number of unbranched alkanes of at least 4 members (excludes halogenated alkanes) is 25. The monoisotopic (exact) mass is 641 g/mol. The van der Waals surface area contributed by atoms with Crippen LogP contribution in [0.15, 0.2) is 48.6 Å². The van der Waals surface area contributed by atoms with Crippen LogP contribution in [0, 0.1) is 0 Å². The topological polar surface area (TPSA) is 26.3 Å². The Balaban J connectivity index is 3.28. The summed E-state index contributed by atoms with van der Waals surface area (Å²) < 4.78 is 5.43. The highest BCUT2D eigenvalue weighted by Crippen LogP contribution is 2.15. The number of ether oxygens (including phenoxy) is 1. The molecular weight excluding hydrogens is 560 g/mol. The number of carbonyl (C=O) groups is 1. The van der Waals surface area contributed by atoms with Crippen molar-refractivity contribution in [3.63, 3.8) is 0 Å². The van der Waals surface area contributed by atoms with Gasteiger partial charge in [0.15, 0.2) is 0 Å². The summed E-state index contributed by atoms with van der Waals surface area (Å²) in [6.45, 7) is 5.15. The molecule has 0 N–H and O–H groups in total. The molecule has 0 aromatic carbocycles. The predicted octanol–water partition coefficient (Wildman–Crippen LogP) is 15.3. The maximum atomic E-state index is 12.0. The van der Waals surface area contributed by atoms with E-state index in [9.17, 15) is 4.79 Å². The van der Waals surface area contributed by atoms with Crippen LogP contribution < -0.4 is 0 Å². The average Bonchev–Trinajstić information content (AvgIpc) is 3.06. The third-order valence-corrected chi connectivity index (χ3v) is 8.97. The van der Waals surface area contributed by atoms with Crippen molar-refractivity contribution in [1.82, 2.24) is 0 Å². The molecule has 0 aliphatic carbocycles. The van der Waals surface area contributed by atoms with Gasteiger partial charge in [0.2, 0.25) is 0 Å². The lowest BCUT2D eigenvalue weighted by Gasteiger charge is -2.05. The lowest BCUT2D eigenvalue weighted by molar-refractivity contribution is -0.143. The Hall–Kier alpha value is -1.57. The SMILES string of the molecule is CCCCC/C=C\C/C=C\C/C=C\C/C=C\CCCC(=O)OCCCCCCCCCCCCCCCCCCCCCCCC. The van der Waals surface area contributed by atoms with Crippen LogP contribution in [0.3, 0.4) is 0 Å². The fourth-order valence-corrected chi connectivity index (χ4v) is 5.89. The molecule has 0 saturated carbocycles. The van der Waals surface area contributed by atoms with Crippen LogP contribution in [0.5, 0.6) is 0 Å². The predicted molar refractivity (Wildman–Crippen MR) is 207 cm³/mol. The van der Waals surface area contributed by atoms with Crippen molar-refractivity contribution in [3.05, 3.63) is 48.6 Å². The number of hydrogen-bond donors (Lipinski definition) is 0. The minimum atomic E-state index is -0.0283. The van der Waals surface area contributed by atoms with Crippen molar-refractivity contribution in [2.75, 3.05) is 6.61 Å². The first-order chi connectivity index (χ1) is 22.8. The highest BCUT2D eigenvalue weighted by Gasteiger charge is 2.01. The van der Waals surface area contributed by atoms with E-state index >= 15 is 0 Å². The quantitative estimate of drug-likeness (QED) is 0.0384. The third-order valence-electron chi connectivity index (χ3n) is 8.97. The number of allylic oxidation sites excluding steroid dienone is 8. The summed E-state index contributed by atoms with van der Waals surface area (Å²) in [5.41, 5.74) is 0. The molecule has 268 valence electrons. The first-order valence-electron chi connectivity index (χ1n) is 20.6. The second-order valence-corrected chi connectivity index (χ2v) is 13.6. The lowest BCUT2D eigenvalue weighted by atomic mass is 10.0. The molecule has 0 radical (unpaired) electrons. The van der Waals surface area contributed by atoms with Crippen molar-refractivity contribution in [3.8, 4) is 0 Å². The molecule has 0 heterocycles. The molecule has 0 aromatic rings. The fourth-order valence-electron chi connectivity index (χ4n) is 5.89. The summed E-state index contributed by atoms with van der Waals surface area (Å²) in [5.74, 6) is -0.0283. The van der Waals surface area contributed by atoms with E-state index in [1.165, 1.54) is 161 Å². The Labute approximate surface area is 289 Å². The van der Waals surface area contributed by atoms with Gasteiger partial charge in [-0.05, 0) is 51.4 Å². The van der Waals surface area contributed by atoms with E-state index < -0.39 is 0 Å². The summed E-state index contributed by atoms with van der Waals surface area (Å²) in [7, 11) is 0. The molecule has 0 aromatic heterocycles. The number of esters is 1. The van der Waals surface area contributed by atoms with Gasteiger partial charge in [-0.15, -0.1) is 0 Å². The van der Waals surface area contributed by atoms with Gasteiger partial charge in [-0.2, -0.15) is 0 Å². The molecule has 2 heteroatoms. The summed E-state index contributed by atoms with van der Waals surface area (Å²) >= 11 is 0. The first-order valence-corrected chi connectivity index (χ1v) is 20.6. The number of hydrogen-bond acceptors (Lipinski definition) is 2. The smallest absolute Gasteiger partial charge is 0.305 e. The molecule has 0 aliphatic heterocycles. The van der Waals surface area contributed by atoms with Crippen LogP contribution in [-0.4, -0.2) is 12.6 Å². The summed E-state index contributed by atoms with van der Waals surface area (Å²) in [4.78, 5) is 12.0. The van der Waals surface area contributed by atoms with Crippen molar-refractivity contribution >= 4 is 5.97 Å². The van der Waals surface area contributed by atoms with Crippen LogP contribution in [-0.2, 0) is 9.53 Å². The van der Waals surface area contributed by atoms with Crippen LogP contribution in [0.1, 0.15) is 219 Å². The summed E-state index contributed by atoms with van der Waals surface area (Å²) in [6, 6.07) is 0. The van der Waals surface area contributed by atoms with Gasteiger partial charge in [0, 0.05) is 6.42 Å². The van der Waals surface area contributed by atoms with Crippen molar-refractivity contribution in [2.45, 2.75) is 219 Å². The minimum Gasteiger partial charge on any atom is -0.466 e. The van der Waals surface area contributed by atoms with E-state index in [0.717, 1.165) is 38.5 Å². The van der Waals surface area contributed by atoms with Crippen LogP contribution in [0.2, 0.25) is 0 Å². The summed E-state index contributed by atoms with van der Waals surface area (Å²) in [5, 5.41) is 0. The highest BCUT2D eigenvalue weighted by molar-refractivity contribution is 5.69. The van der Waals surface area contributed by atoms with Crippen molar-refractivity contribution in [2.24, 2.45) is 0 Å². The van der Waals surface area contributed by atoms with Gasteiger partial charge in [0.25, 0.3) is 0 Å². The molecule has 0 aliphatic rings. The Morgan fingerprint density at radius 2 is 0.674 bits per heavy atom. The van der Waals surface area contributed by atoms with Gasteiger partial charge >= 0.3 is 5.97 Å². The number of rotatable bonds is 37. The molecular formula is C44H80O2. The zero-order valence-electron chi connectivity index (χ0n) is 31.3. The Bertz CT molecular complexity index is 701. The molecule has 0 amide bonds. The minimum absolute atomic E-state index is 0.0283. The van der Waals surface area contributed by atoms with Gasteiger partial charge in [-0.25, -0.2) is 0 Å². The molecule has 0 fully saturated rings. The van der Waals surface area contributed by atoms with Crippen LogP contribution in [0.4, 0.5) is 0 Å². The van der Waals surface area contributed by atoms with Crippen molar-refractivity contribution in [1.29, 1.82) is 0 Å². The normalized spacial score (nSPS) is 12.1. The highest BCUT2D eigenvalue weighted by atomic mass is 16.5. The first kappa shape index (κ1) is 44.4. The van der Waals surface area contributed by atoms with E-state index in [2.05, 4.69) is 62.5 Å². The molecule has 0 spiro atoms. The van der Waals surface area contributed by atoms with E-state index in [0.29, 0.717) is 13.0 Å². The second-order valence-electron chi connectivity index (χ2n) is 13.6. The fraction of sp³-hybridized carbons (Fsp3) is 0.795. The molecule has 0 saturated heterocycles. The van der Waals surface area contributed by atoms with Gasteiger partial charge in [-0.3, -0.25) is 4.79 Å². The molecule has 0 unspecified atom stereocenters. The lowest BCUT2D eigenvalue weighted by Crippen LogP contribution is -2.05. The van der Waals surface area contributed by atoms with Crippen molar-refractivity contribution < 1.29 is 9.53 Å². The maximum absolute atomic E-state index is 12.0. The average molecular weight is 641 g/mol. The molecule has 0 atom stereocenters. The molecule has 0 rings (SSSR count). The van der Waals surface area contributed by atoms with E-state index in [4.69, 9.17) is 4.74 Å². The zero-order valence-corrected chi connectivity index (χ0v) is 31.3. The van der Waals surface area contributed by atoms with E-state index in [-0.39, 0.29) is 5.97 Å². The van der Waals surface area contributed by atoms with Gasteiger partial charge < -0.3 is 4.74 Å². The second kappa shape index (κ2) is 41.5. The Kier molecular flexibility index (Phi) is 40.0. The van der Waals surface area contributed by atoms with E-state index in [1.54, 1.807) is 0 Å². The zero-order chi connectivity index (χ0) is 33.3. The van der Waals surface area contributed by atoms with E-state index in [1.807, 2.05) is 0 Å². The Morgan fingerprint density at radius 1 is 0.370 bits per heavy atom. The van der Waals surface area contributed by atoms with Gasteiger partial charge in [0.05, 0.1) is 6.61 Å². The van der Waals surface area contributed by atoms with Gasteiger partial charge in [-0.1, -0.05) is 210 Å². The largest absolute Gasteiger partial charge is 0.466 e. The Morgan fingerprint density at radius 3 is 1.07 bits per heavy atom. The van der Waals surface area contributed by atoms with Crippen LogP contribution >= 0.6 is 0 Å². The molecule has 2 nitrogen and oxygen atoms in total. The van der Waals surface area contributed by atoms with Crippen LogP contribution in [0.25, 0.3) is 0 Å². The standard InChI is InChI=1S/C44H80O2/c1-3-5-7-9-11-13-15-17-19-21-22-23-24-25-27-29-31-33-35-37-39-41-43-46-44(45)42-40-38-36-34-32-30-28-26-20-18-16-14-12-10-8-6-4-2/h12,14,18,20,28,30,34,36H,3-11,13,15-17,19,21-27,29,31-33,35,37-43H2,1-2H3/b14-12-,20-18-,30-28-,36-34-. The summed E-state index contributed by atoms with van der Waals surface area (Å²) in [6.07, 6.45) is 59.2. The third kappa shape index (κ3) is 40.5.